The van der Waals surface area contributed by atoms with Gasteiger partial charge in [-0.2, -0.15) is 0 Å². The number of para-hydroxylation sites is 1. The molecule has 8 nitrogen and oxygen atoms in total. The van der Waals surface area contributed by atoms with E-state index in [1.54, 1.807) is 23.1 Å². The zero-order valence-electron chi connectivity index (χ0n) is 17.2. The molecule has 2 heterocycles. The zero-order valence-corrected chi connectivity index (χ0v) is 18.8. The van der Waals surface area contributed by atoms with Gasteiger partial charge in [-0.3, -0.25) is 14.4 Å². The number of rotatable bonds is 6. The van der Waals surface area contributed by atoms with E-state index in [0.717, 1.165) is 10.9 Å². The first-order valence-electron chi connectivity index (χ1n) is 10.6. The molecule has 1 aliphatic carbocycles. The van der Waals surface area contributed by atoms with Gasteiger partial charge in [0.05, 0.1) is 23.2 Å². The summed E-state index contributed by atoms with van der Waals surface area (Å²) in [5, 5.41) is 5.61. The number of carbonyl (C=O) groups excluding carboxylic acids is 3. The fraction of sp³-hybridized carbons (Fsp3) is 0.348. The standard InChI is InChI=1S/C23H22BrN3O5/c24-15-3-1-2-4-19(15)31-8-7-22(29)27-17-9-13(17)10-18(27)23(30)25-14-5-6-20-16(11-14)26-21(28)12-32-20/h1-6,11,13,17-18H,7-10,12H2,(H,25,30)(H,26,28)/t13-,17-,18-/m1/s1. The molecule has 0 unspecified atom stereocenters. The molecular weight excluding hydrogens is 478 g/mol. The second-order valence-electron chi connectivity index (χ2n) is 8.18. The third kappa shape index (κ3) is 4.17. The van der Waals surface area contributed by atoms with Crippen LogP contribution in [0.15, 0.2) is 46.9 Å². The summed E-state index contributed by atoms with van der Waals surface area (Å²) in [5.74, 6) is 1.09. The van der Waals surface area contributed by atoms with Crippen LogP contribution in [0.5, 0.6) is 11.5 Å². The minimum absolute atomic E-state index is 0.0223. The van der Waals surface area contributed by atoms with E-state index in [4.69, 9.17) is 9.47 Å². The van der Waals surface area contributed by atoms with Gasteiger partial charge in [-0.1, -0.05) is 12.1 Å². The number of hydrogen-bond acceptors (Lipinski definition) is 5. The van der Waals surface area contributed by atoms with E-state index in [0.29, 0.717) is 35.2 Å². The van der Waals surface area contributed by atoms with Gasteiger partial charge >= 0.3 is 0 Å². The average molecular weight is 500 g/mol. The van der Waals surface area contributed by atoms with Crippen molar-refractivity contribution in [3.8, 4) is 11.5 Å². The van der Waals surface area contributed by atoms with Gasteiger partial charge in [0.15, 0.2) is 6.61 Å². The number of piperidine rings is 1. The van der Waals surface area contributed by atoms with Gasteiger partial charge < -0.3 is 25.0 Å². The Morgan fingerprint density at radius 3 is 2.91 bits per heavy atom. The minimum atomic E-state index is -0.503. The number of anilines is 2. The van der Waals surface area contributed by atoms with Gasteiger partial charge in [-0.15, -0.1) is 0 Å². The van der Waals surface area contributed by atoms with Crippen LogP contribution in [0.25, 0.3) is 0 Å². The van der Waals surface area contributed by atoms with Gasteiger partial charge in [0.25, 0.3) is 5.91 Å². The summed E-state index contributed by atoms with van der Waals surface area (Å²) in [6.45, 7) is 0.222. The van der Waals surface area contributed by atoms with Crippen LogP contribution in [-0.4, -0.2) is 47.9 Å². The van der Waals surface area contributed by atoms with E-state index in [-0.39, 0.29) is 43.4 Å². The van der Waals surface area contributed by atoms with Crippen molar-refractivity contribution in [3.63, 3.8) is 0 Å². The van der Waals surface area contributed by atoms with E-state index in [1.165, 1.54) is 0 Å². The molecule has 1 saturated carbocycles. The molecule has 2 aromatic carbocycles. The van der Waals surface area contributed by atoms with E-state index in [9.17, 15) is 14.4 Å². The molecule has 2 N–H and O–H groups in total. The van der Waals surface area contributed by atoms with Crippen LogP contribution in [0.3, 0.4) is 0 Å². The van der Waals surface area contributed by atoms with Crippen LogP contribution in [0.2, 0.25) is 0 Å². The lowest BCUT2D eigenvalue weighted by molar-refractivity contribution is -0.138. The highest BCUT2D eigenvalue weighted by Gasteiger charge is 2.55. The summed E-state index contributed by atoms with van der Waals surface area (Å²) >= 11 is 3.43. The number of hydrogen-bond donors (Lipinski definition) is 2. The van der Waals surface area contributed by atoms with Crippen molar-refractivity contribution in [2.24, 2.45) is 5.92 Å². The van der Waals surface area contributed by atoms with Crippen LogP contribution >= 0.6 is 15.9 Å². The van der Waals surface area contributed by atoms with Gasteiger partial charge in [-0.05, 0) is 65.0 Å². The zero-order chi connectivity index (χ0) is 22.2. The number of nitrogens with one attached hydrogen (secondary N) is 2. The third-order valence-corrected chi connectivity index (χ3v) is 6.64. The third-order valence-electron chi connectivity index (χ3n) is 5.99. The Hall–Kier alpha value is -3.07. The molecule has 166 valence electrons. The van der Waals surface area contributed by atoms with Crippen LogP contribution in [0.4, 0.5) is 11.4 Å². The number of benzene rings is 2. The Labute approximate surface area is 193 Å². The molecule has 2 fully saturated rings. The molecule has 1 saturated heterocycles. The molecule has 2 aliphatic heterocycles. The molecule has 3 atom stereocenters. The molecule has 3 aliphatic rings. The number of carbonyl (C=O) groups is 3. The Morgan fingerprint density at radius 1 is 1.22 bits per heavy atom. The molecule has 0 radical (unpaired) electrons. The Kier molecular flexibility index (Phi) is 5.50. The van der Waals surface area contributed by atoms with Crippen LogP contribution in [0, 0.1) is 5.92 Å². The van der Waals surface area contributed by atoms with Crippen molar-refractivity contribution in [1.29, 1.82) is 0 Å². The summed E-state index contributed by atoms with van der Waals surface area (Å²) in [4.78, 5) is 39.2. The lowest BCUT2D eigenvalue weighted by Crippen LogP contribution is -2.45. The lowest BCUT2D eigenvalue weighted by atomic mass is 10.1. The summed E-state index contributed by atoms with van der Waals surface area (Å²) < 4.78 is 11.9. The van der Waals surface area contributed by atoms with Crippen LogP contribution in [-0.2, 0) is 14.4 Å². The van der Waals surface area contributed by atoms with E-state index in [1.807, 2.05) is 24.3 Å². The first kappa shape index (κ1) is 20.8. The van der Waals surface area contributed by atoms with E-state index in [2.05, 4.69) is 26.6 Å². The average Bonchev–Trinajstić information content (AvgIpc) is 3.43. The number of ether oxygens (including phenoxy) is 2. The second-order valence-corrected chi connectivity index (χ2v) is 9.04. The fourth-order valence-electron chi connectivity index (χ4n) is 4.37. The number of nitrogens with zero attached hydrogens (tertiary/aromatic N) is 1. The summed E-state index contributed by atoms with van der Waals surface area (Å²) in [7, 11) is 0. The van der Waals surface area contributed by atoms with Crippen molar-refractivity contribution in [1.82, 2.24) is 4.90 Å². The SMILES string of the molecule is O=C1COc2ccc(NC(=O)[C@H]3C[C@H]4C[C@H]4N3C(=O)CCOc3ccccc3Br)cc2N1. The maximum absolute atomic E-state index is 13.0. The summed E-state index contributed by atoms with van der Waals surface area (Å²) in [5.41, 5.74) is 1.07. The van der Waals surface area contributed by atoms with E-state index < -0.39 is 6.04 Å². The molecule has 9 heteroatoms. The largest absolute Gasteiger partial charge is 0.492 e. The number of halogens is 1. The molecule has 0 bridgehead atoms. The molecule has 3 amide bonds. The van der Waals surface area contributed by atoms with Crippen molar-refractivity contribution >= 4 is 45.0 Å². The number of likely N-dealkylation sites (tertiary alicyclic amines) is 1. The fourth-order valence-corrected chi connectivity index (χ4v) is 4.77. The van der Waals surface area contributed by atoms with Gasteiger partial charge in [0.1, 0.15) is 17.5 Å². The highest BCUT2D eigenvalue weighted by Crippen LogP contribution is 2.48. The smallest absolute Gasteiger partial charge is 0.262 e. The molecule has 0 spiro atoms. The predicted molar refractivity (Wildman–Crippen MR) is 121 cm³/mol. The predicted octanol–water partition coefficient (Wildman–Crippen LogP) is 3.18. The Bertz CT molecular complexity index is 1090. The molecule has 5 rings (SSSR count). The molecule has 0 aromatic heterocycles. The van der Waals surface area contributed by atoms with Crippen molar-refractivity contribution in [2.45, 2.75) is 31.3 Å². The normalized spacial score (nSPS) is 22.8. The molecule has 32 heavy (non-hydrogen) atoms. The second kappa shape index (κ2) is 8.46. The maximum atomic E-state index is 13.0. The Balaban J connectivity index is 1.21. The topological polar surface area (TPSA) is 97.0 Å². The van der Waals surface area contributed by atoms with Crippen molar-refractivity contribution < 1.29 is 23.9 Å². The Morgan fingerprint density at radius 2 is 2.06 bits per heavy atom. The van der Waals surface area contributed by atoms with Crippen molar-refractivity contribution in [2.75, 3.05) is 23.8 Å². The highest BCUT2D eigenvalue weighted by molar-refractivity contribution is 9.10. The summed E-state index contributed by atoms with van der Waals surface area (Å²) in [6, 6.07) is 12.2. The monoisotopic (exact) mass is 499 g/mol. The first-order chi connectivity index (χ1) is 15.5. The first-order valence-corrected chi connectivity index (χ1v) is 11.3. The van der Waals surface area contributed by atoms with Gasteiger partial charge in [-0.25, -0.2) is 0 Å². The lowest BCUT2D eigenvalue weighted by Gasteiger charge is -2.27. The minimum Gasteiger partial charge on any atom is -0.492 e. The maximum Gasteiger partial charge on any atom is 0.262 e. The number of amides is 3. The van der Waals surface area contributed by atoms with Gasteiger partial charge in [0, 0.05) is 11.7 Å². The van der Waals surface area contributed by atoms with Crippen molar-refractivity contribution in [3.05, 3.63) is 46.9 Å². The molecule has 2 aromatic rings. The quantitative estimate of drug-likeness (QED) is 0.636. The van der Waals surface area contributed by atoms with E-state index >= 15 is 0 Å². The van der Waals surface area contributed by atoms with Crippen LogP contribution in [0.1, 0.15) is 19.3 Å². The summed E-state index contributed by atoms with van der Waals surface area (Å²) in [6.07, 6.45) is 1.82. The highest BCUT2D eigenvalue weighted by atomic mass is 79.9. The number of fused-ring (bicyclic) bond motifs is 2. The molecular formula is C23H22BrN3O5. The van der Waals surface area contributed by atoms with Crippen LogP contribution < -0.4 is 20.1 Å². The van der Waals surface area contributed by atoms with Gasteiger partial charge in [0.2, 0.25) is 11.8 Å².